The van der Waals surface area contributed by atoms with Crippen LogP contribution in [0, 0.1) is 0 Å². The number of nitrogens with one attached hydrogen (secondary N) is 1. The number of carbonyl (C=O) groups is 1. The van der Waals surface area contributed by atoms with E-state index < -0.39 is 0 Å². The highest BCUT2D eigenvalue weighted by atomic mass is 16.2. The molecule has 3 aliphatic heterocycles. The normalized spacial score (nSPS) is 16.9. The number of hydrogen-bond acceptors (Lipinski definition) is 6. The molecule has 0 aliphatic carbocycles. The third kappa shape index (κ3) is 30.2. The van der Waals surface area contributed by atoms with Crippen molar-refractivity contribution in [3.05, 3.63) is 0 Å². The third-order valence-corrected chi connectivity index (χ3v) is 4.25. The van der Waals surface area contributed by atoms with Crippen LogP contribution < -0.4 is 5.32 Å². The van der Waals surface area contributed by atoms with E-state index in [1.807, 2.05) is 20.6 Å². The molecule has 0 aromatic rings. The van der Waals surface area contributed by atoms with E-state index in [4.69, 9.17) is 15.0 Å². The van der Waals surface area contributed by atoms with Crippen LogP contribution in [0.3, 0.4) is 0 Å². The highest BCUT2D eigenvalue weighted by molar-refractivity contribution is 5.10. The molecule has 0 radical (unpaired) electrons. The molecule has 0 aromatic carbocycles. The number of aliphatic hydroxyl groups is 2. The van der Waals surface area contributed by atoms with Crippen molar-refractivity contribution < 1.29 is 15.0 Å². The fraction of sp³-hybridized carbons (Fsp3) is 0.955. The van der Waals surface area contributed by atoms with Gasteiger partial charge in [-0.1, -0.05) is 35.1 Å². The predicted molar refractivity (Wildman–Crippen MR) is 126 cm³/mol. The lowest BCUT2D eigenvalue weighted by molar-refractivity contribution is -0.0979. The second kappa shape index (κ2) is 41.0. The molecular weight excluding hydrogens is 354 g/mol. The number of likely N-dealkylation sites (tertiary alicyclic amines) is 2. The number of rotatable bonds is 2. The molecule has 3 N–H and O–H groups in total. The minimum absolute atomic E-state index is 0. The summed E-state index contributed by atoms with van der Waals surface area (Å²) >= 11 is 0. The lowest BCUT2D eigenvalue weighted by Gasteiger charge is -2.08. The van der Waals surface area contributed by atoms with Crippen molar-refractivity contribution in [2.24, 2.45) is 0 Å². The van der Waals surface area contributed by atoms with Crippen LogP contribution in [0.1, 0.15) is 73.6 Å². The molecular formula is C22H55N3O3. The summed E-state index contributed by atoms with van der Waals surface area (Å²) < 4.78 is 0. The van der Waals surface area contributed by atoms with Crippen molar-refractivity contribution >= 4 is 6.79 Å². The minimum atomic E-state index is 0. The SMILES string of the molecule is C.C1CCNC1.C=O.CC.CCN1CCCC1.CCN1CCCC1.CO.CO. The van der Waals surface area contributed by atoms with E-state index in [0.29, 0.717) is 0 Å². The second-order valence-corrected chi connectivity index (χ2v) is 5.74. The molecule has 6 nitrogen and oxygen atoms in total. The largest absolute Gasteiger partial charge is 0.400 e. The summed E-state index contributed by atoms with van der Waals surface area (Å²) in [6.45, 7) is 20.8. The van der Waals surface area contributed by atoms with Crippen LogP contribution in [0.5, 0.6) is 0 Å². The van der Waals surface area contributed by atoms with Crippen molar-refractivity contribution in [3.8, 4) is 0 Å². The summed E-state index contributed by atoms with van der Waals surface area (Å²) in [4.78, 5) is 13.0. The Balaban J connectivity index is -0.0000000796. The van der Waals surface area contributed by atoms with E-state index in [1.165, 1.54) is 90.9 Å². The molecule has 3 saturated heterocycles. The van der Waals surface area contributed by atoms with Crippen LogP contribution in [0.15, 0.2) is 0 Å². The smallest absolute Gasteiger partial charge is 0.106 e. The summed E-state index contributed by atoms with van der Waals surface area (Å²) in [6.07, 6.45) is 8.48. The van der Waals surface area contributed by atoms with Crippen molar-refractivity contribution in [1.82, 2.24) is 15.1 Å². The van der Waals surface area contributed by atoms with Gasteiger partial charge in [0.25, 0.3) is 0 Å². The summed E-state index contributed by atoms with van der Waals surface area (Å²) in [5.41, 5.74) is 0. The van der Waals surface area contributed by atoms with Gasteiger partial charge in [0.2, 0.25) is 0 Å². The third-order valence-electron chi connectivity index (χ3n) is 4.25. The Hall–Kier alpha value is -0.530. The molecule has 3 aliphatic rings. The van der Waals surface area contributed by atoms with Gasteiger partial charge in [-0.3, -0.25) is 0 Å². The first kappa shape index (κ1) is 38.1. The van der Waals surface area contributed by atoms with Crippen molar-refractivity contribution in [2.45, 2.75) is 73.6 Å². The molecule has 0 spiro atoms. The van der Waals surface area contributed by atoms with Crippen LogP contribution >= 0.6 is 0 Å². The Labute approximate surface area is 177 Å². The number of nitrogens with zero attached hydrogens (tertiary/aromatic N) is 2. The van der Waals surface area contributed by atoms with Crippen molar-refractivity contribution in [2.75, 3.05) is 66.6 Å². The Kier molecular flexibility index (Phi) is 55.8. The summed E-state index contributed by atoms with van der Waals surface area (Å²) in [6, 6.07) is 0. The summed E-state index contributed by atoms with van der Waals surface area (Å²) in [5, 5.41) is 17.2. The zero-order chi connectivity index (χ0) is 21.8. The average molecular weight is 410 g/mol. The van der Waals surface area contributed by atoms with Gasteiger partial charge in [-0.2, -0.15) is 0 Å². The van der Waals surface area contributed by atoms with Gasteiger partial charge in [-0.05, 0) is 90.9 Å². The Morgan fingerprint density at radius 1 is 0.679 bits per heavy atom. The maximum atomic E-state index is 8.00. The molecule has 6 heteroatoms. The molecule has 176 valence electrons. The van der Waals surface area contributed by atoms with Gasteiger partial charge in [0.1, 0.15) is 6.79 Å². The van der Waals surface area contributed by atoms with Crippen LogP contribution in [-0.2, 0) is 4.79 Å². The Morgan fingerprint density at radius 3 is 1.04 bits per heavy atom. The molecule has 0 atom stereocenters. The fourth-order valence-corrected chi connectivity index (χ4v) is 2.82. The maximum Gasteiger partial charge on any atom is 0.106 e. The van der Waals surface area contributed by atoms with Crippen molar-refractivity contribution in [1.29, 1.82) is 0 Å². The number of hydrogen-bond donors (Lipinski definition) is 3. The quantitative estimate of drug-likeness (QED) is 0.650. The molecule has 3 fully saturated rings. The van der Waals surface area contributed by atoms with E-state index in [2.05, 4.69) is 29.0 Å². The predicted octanol–water partition coefficient (Wildman–Crippen LogP) is 3.27. The molecule has 0 unspecified atom stereocenters. The zero-order valence-corrected chi connectivity index (χ0v) is 19.3. The first-order chi connectivity index (χ1) is 13.4. The maximum absolute atomic E-state index is 8.00. The minimum Gasteiger partial charge on any atom is -0.400 e. The molecule has 0 aromatic heterocycles. The highest BCUT2D eigenvalue weighted by Crippen LogP contribution is 2.05. The lowest BCUT2D eigenvalue weighted by Crippen LogP contribution is -2.17. The summed E-state index contributed by atoms with van der Waals surface area (Å²) in [5.74, 6) is 0. The van der Waals surface area contributed by atoms with E-state index in [9.17, 15) is 0 Å². The molecule has 3 rings (SSSR count). The van der Waals surface area contributed by atoms with Crippen LogP contribution in [0.25, 0.3) is 0 Å². The lowest BCUT2D eigenvalue weighted by atomic mass is 10.4. The Bertz CT molecular complexity index is 184. The van der Waals surface area contributed by atoms with E-state index in [0.717, 1.165) is 14.2 Å². The van der Waals surface area contributed by atoms with Gasteiger partial charge >= 0.3 is 0 Å². The fourth-order valence-electron chi connectivity index (χ4n) is 2.82. The van der Waals surface area contributed by atoms with Gasteiger partial charge in [0, 0.05) is 14.2 Å². The van der Waals surface area contributed by atoms with Crippen LogP contribution in [0.2, 0.25) is 0 Å². The van der Waals surface area contributed by atoms with Crippen LogP contribution in [0.4, 0.5) is 0 Å². The Morgan fingerprint density at radius 2 is 0.929 bits per heavy atom. The molecule has 28 heavy (non-hydrogen) atoms. The van der Waals surface area contributed by atoms with Crippen LogP contribution in [-0.4, -0.2) is 93.4 Å². The second-order valence-electron chi connectivity index (χ2n) is 5.74. The molecule has 0 saturated carbocycles. The molecule has 0 bridgehead atoms. The van der Waals surface area contributed by atoms with E-state index in [-0.39, 0.29) is 7.43 Å². The van der Waals surface area contributed by atoms with E-state index >= 15 is 0 Å². The molecule has 0 amide bonds. The summed E-state index contributed by atoms with van der Waals surface area (Å²) in [7, 11) is 2.00. The van der Waals surface area contributed by atoms with Gasteiger partial charge in [-0.15, -0.1) is 0 Å². The van der Waals surface area contributed by atoms with Gasteiger partial charge in [-0.25, -0.2) is 0 Å². The highest BCUT2D eigenvalue weighted by Gasteiger charge is 2.07. The van der Waals surface area contributed by atoms with Gasteiger partial charge in [0.15, 0.2) is 0 Å². The molecule has 3 heterocycles. The zero-order valence-electron chi connectivity index (χ0n) is 19.3. The van der Waals surface area contributed by atoms with Gasteiger partial charge < -0.3 is 30.1 Å². The monoisotopic (exact) mass is 409 g/mol. The number of aliphatic hydroxyl groups excluding tert-OH is 2. The van der Waals surface area contributed by atoms with E-state index in [1.54, 1.807) is 0 Å². The topological polar surface area (TPSA) is 76.0 Å². The number of carbonyl (C=O) groups excluding carboxylic acids is 1. The van der Waals surface area contributed by atoms with Crippen molar-refractivity contribution in [3.63, 3.8) is 0 Å². The first-order valence-electron chi connectivity index (χ1n) is 10.7. The first-order valence-corrected chi connectivity index (χ1v) is 10.7. The van der Waals surface area contributed by atoms with Gasteiger partial charge in [0.05, 0.1) is 0 Å². The average Bonchev–Trinajstić information content (AvgIpc) is 3.58. The standard InChI is InChI=1S/2C6H13N.C4H9N.C2H6.2CH4O.CH2O.CH4/c2*1-2-7-5-3-4-6-7;1-2-4-5-3-1;4*1-2;/h2*2-6H2,1H3;5H,1-4H2;1-2H3;2*2H,1H3;1H2;1H4.